The molecule has 214 valence electrons. The third kappa shape index (κ3) is 4.08. The molecule has 0 spiro atoms. The number of ether oxygens (including phenoxy) is 1. The molecule has 8 aromatic rings. The number of imidazole rings is 1. The van der Waals surface area contributed by atoms with Crippen molar-refractivity contribution in [3.63, 3.8) is 0 Å². The Morgan fingerprint density at radius 2 is 1.52 bits per heavy atom. The van der Waals surface area contributed by atoms with E-state index in [0.29, 0.717) is 11.5 Å². The molecule has 0 atom stereocenters. The minimum Gasteiger partial charge on any atom is -0.509 e. The zero-order valence-electron chi connectivity index (χ0n) is 23.0. The third-order valence-corrected chi connectivity index (χ3v) is 7.75. The van der Waals surface area contributed by atoms with Crippen LogP contribution in [0.1, 0.15) is 0 Å². The first-order valence-corrected chi connectivity index (χ1v) is 14.0. The Balaban J connectivity index is 0.00000289. The summed E-state index contributed by atoms with van der Waals surface area (Å²) in [6.07, 6.45) is 3.58. The summed E-state index contributed by atoms with van der Waals surface area (Å²) < 4.78 is 10.5. The summed E-state index contributed by atoms with van der Waals surface area (Å²) >= 11 is 0. The minimum atomic E-state index is 0. The van der Waals surface area contributed by atoms with Gasteiger partial charge in [0.05, 0.1) is 0 Å². The molecule has 1 aliphatic rings. The van der Waals surface area contributed by atoms with Crippen molar-refractivity contribution < 1.29 is 25.8 Å². The standard InChI is InChI=1S/C36H21N6O.Pt/c1-3-14-31-29(11-1)36-39-30-13-2-4-15-32(30)41(36)23-40(31)24-9-7-10-25(21-24)43-26-17-18-27-28-12-8-20-38-35(28)42(33(27)22-26)34-16-5-6-19-37-34;/h1-20,23H;/q-3;. The van der Waals surface area contributed by atoms with Gasteiger partial charge < -0.3 is 23.8 Å². The van der Waals surface area contributed by atoms with E-state index in [1.54, 1.807) is 12.4 Å². The normalized spacial score (nSPS) is 12.0. The summed E-state index contributed by atoms with van der Waals surface area (Å²) in [5, 5.41) is 2.06. The van der Waals surface area contributed by atoms with Crippen molar-refractivity contribution >= 4 is 44.3 Å². The van der Waals surface area contributed by atoms with Crippen LogP contribution in [-0.4, -0.2) is 24.1 Å². The van der Waals surface area contributed by atoms with Crippen molar-refractivity contribution in [3.05, 3.63) is 140 Å². The Morgan fingerprint density at radius 1 is 0.682 bits per heavy atom. The van der Waals surface area contributed by atoms with Crippen molar-refractivity contribution in [1.29, 1.82) is 0 Å². The molecule has 8 heteroatoms. The second kappa shape index (κ2) is 10.4. The molecule has 7 nitrogen and oxygen atoms in total. The second-order valence-electron chi connectivity index (χ2n) is 10.3. The molecule has 5 heterocycles. The van der Waals surface area contributed by atoms with E-state index in [9.17, 15) is 0 Å². The van der Waals surface area contributed by atoms with Crippen molar-refractivity contribution in [1.82, 2.24) is 24.1 Å². The van der Waals surface area contributed by atoms with Crippen LogP contribution in [0.2, 0.25) is 0 Å². The average Bonchev–Trinajstić information content (AvgIpc) is 3.60. The number of nitrogens with zero attached hydrogens (tertiary/aromatic N) is 6. The number of fused-ring (bicyclic) bond motifs is 8. The number of para-hydroxylation sites is 3. The van der Waals surface area contributed by atoms with Crippen molar-refractivity contribution in [2.75, 3.05) is 4.90 Å². The average molecular weight is 749 g/mol. The number of hydrogen-bond donors (Lipinski definition) is 0. The maximum Gasteiger partial charge on any atom is 0.136 e. The smallest absolute Gasteiger partial charge is 0.136 e. The molecular formula is C36H21N6OPt-3. The first kappa shape index (κ1) is 26.3. The van der Waals surface area contributed by atoms with Gasteiger partial charge in [0.1, 0.15) is 11.5 Å². The Morgan fingerprint density at radius 3 is 2.45 bits per heavy atom. The number of aromatic nitrogens is 5. The van der Waals surface area contributed by atoms with Crippen LogP contribution in [0.25, 0.3) is 50.2 Å². The first-order chi connectivity index (χ1) is 21.3. The molecule has 0 N–H and O–H groups in total. The molecule has 1 aliphatic heterocycles. The van der Waals surface area contributed by atoms with E-state index in [2.05, 4.69) is 68.6 Å². The van der Waals surface area contributed by atoms with E-state index in [4.69, 9.17) is 9.72 Å². The van der Waals surface area contributed by atoms with E-state index < -0.39 is 0 Å². The fourth-order valence-electron chi connectivity index (χ4n) is 5.87. The van der Waals surface area contributed by atoms with Crippen LogP contribution in [0, 0.1) is 18.8 Å². The van der Waals surface area contributed by atoms with E-state index >= 15 is 0 Å². The van der Waals surface area contributed by atoms with Gasteiger partial charge in [-0.25, -0.2) is 9.97 Å². The molecule has 4 aromatic carbocycles. The maximum atomic E-state index is 6.39. The minimum absolute atomic E-state index is 0. The molecular weight excluding hydrogens is 728 g/mol. The third-order valence-electron chi connectivity index (χ3n) is 7.75. The summed E-state index contributed by atoms with van der Waals surface area (Å²) in [5.41, 5.74) is 6.60. The predicted octanol–water partition coefficient (Wildman–Crippen LogP) is 8.10. The zero-order chi connectivity index (χ0) is 28.3. The molecule has 0 saturated carbocycles. The van der Waals surface area contributed by atoms with Crippen LogP contribution >= 0.6 is 0 Å². The second-order valence-corrected chi connectivity index (χ2v) is 10.3. The summed E-state index contributed by atoms with van der Waals surface area (Å²) in [6.45, 7) is 2.07. The number of anilines is 2. The van der Waals surface area contributed by atoms with Gasteiger partial charge in [-0.15, -0.1) is 35.7 Å². The maximum absolute atomic E-state index is 6.39. The van der Waals surface area contributed by atoms with Crippen LogP contribution in [0.15, 0.2) is 122 Å². The molecule has 0 amide bonds. The van der Waals surface area contributed by atoms with Gasteiger partial charge in [0.2, 0.25) is 0 Å². The van der Waals surface area contributed by atoms with Gasteiger partial charge in [0.25, 0.3) is 0 Å². The molecule has 0 bridgehead atoms. The van der Waals surface area contributed by atoms with Crippen LogP contribution in [-0.2, 0) is 21.1 Å². The summed E-state index contributed by atoms with van der Waals surface area (Å²) in [6, 6.07) is 43.2. The molecule has 0 radical (unpaired) electrons. The zero-order valence-corrected chi connectivity index (χ0v) is 25.3. The fourth-order valence-corrected chi connectivity index (χ4v) is 5.87. The molecule has 0 unspecified atom stereocenters. The van der Waals surface area contributed by atoms with Crippen LogP contribution in [0.3, 0.4) is 0 Å². The fraction of sp³-hybridized carbons (Fsp3) is 0. The quantitative estimate of drug-likeness (QED) is 0.170. The van der Waals surface area contributed by atoms with Gasteiger partial charge in [0.15, 0.2) is 0 Å². The predicted molar refractivity (Wildman–Crippen MR) is 168 cm³/mol. The first-order valence-electron chi connectivity index (χ1n) is 14.0. The van der Waals surface area contributed by atoms with E-state index in [-0.39, 0.29) is 21.1 Å². The van der Waals surface area contributed by atoms with Gasteiger partial charge in [0, 0.05) is 62.0 Å². The number of benzene rings is 4. The van der Waals surface area contributed by atoms with Crippen molar-refractivity contribution in [2.24, 2.45) is 0 Å². The van der Waals surface area contributed by atoms with Gasteiger partial charge in [-0.3, -0.25) is 0 Å². The molecule has 0 fully saturated rings. The van der Waals surface area contributed by atoms with Crippen LogP contribution < -0.4 is 9.64 Å². The Labute approximate surface area is 267 Å². The molecule has 4 aromatic heterocycles. The molecule has 0 saturated heterocycles. The Bertz CT molecular complexity index is 2330. The summed E-state index contributed by atoms with van der Waals surface area (Å²) in [4.78, 5) is 16.3. The van der Waals surface area contributed by atoms with E-state index in [1.807, 2.05) is 83.4 Å². The Hall–Kier alpha value is -5.39. The van der Waals surface area contributed by atoms with Crippen LogP contribution in [0.5, 0.6) is 11.5 Å². The van der Waals surface area contributed by atoms with Gasteiger partial charge in [-0.1, -0.05) is 59.7 Å². The molecule has 44 heavy (non-hydrogen) atoms. The van der Waals surface area contributed by atoms with E-state index in [0.717, 1.165) is 61.6 Å². The summed E-state index contributed by atoms with van der Waals surface area (Å²) in [5.74, 6) is 2.85. The van der Waals surface area contributed by atoms with Crippen molar-refractivity contribution in [3.8, 4) is 28.7 Å². The van der Waals surface area contributed by atoms with E-state index in [1.165, 1.54) is 0 Å². The number of hydrogen-bond acceptors (Lipinski definition) is 5. The summed E-state index contributed by atoms with van der Waals surface area (Å²) in [7, 11) is 0. The van der Waals surface area contributed by atoms with Gasteiger partial charge in [-0.2, -0.15) is 12.1 Å². The molecule has 0 aliphatic carbocycles. The van der Waals surface area contributed by atoms with Crippen molar-refractivity contribution in [2.45, 2.75) is 0 Å². The molecule has 9 rings (SSSR count). The Kier molecular flexibility index (Phi) is 6.21. The largest absolute Gasteiger partial charge is 0.509 e. The number of rotatable bonds is 4. The monoisotopic (exact) mass is 748 g/mol. The number of pyridine rings is 2. The SMILES string of the molecule is [Pt].[c-]1c(Oc2[c-]c3c(cc2)c2cccnc2n3-c2ccccn2)cccc1N1[CH-]n2c(nc3ccccc32)-c2ccccc21. The van der Waals surface area contributed by atoms with Gasteiger partial charge in [-0.05, 0) is 53.5 Å². The topological polar surface area (TPSA) is 61.0 Å². The van der Waals surface area contributed by atoms with Gasteiger partial charge >= 0.3 is 0 Å². The van der Waals surface area contributed by atoms with Crippen LogP contribution in [0.4, 0.5) is 11.4 Å².